The van der Waals surface area contributed by atoms with Gasteiger partial charge in [0.25, 0.3) is 0 Å². The van der Waals surface area contributed by atoms with Crippen LogP contribution in [0.2, 0.25) is 0 Å². The van der Waals surface area contributed by atoms with Crippen LogP contribution in [0, 0.1) is 0 Å². The summed E-state index contributed by atoms with van der Waals surface area (Å²) in [4.78, 5) is 14.8. The molecule has 0 bridgehead atoms. The molecule has 0 saturated heterocycles. The first-order chi connectivity index (χ1) is 25.3. The van der Waals surface area contributed by atoms with E-state index < -0.39 is 0 Å². The molecule has 2 heterocycles. The topological polar surface area (TPSA) is 55.1 Å². The zero-order valence-electron chi connectivity index (χ0n) is 27.8. The zero-order chi connectivity index (χ0) is 34.1. The first-order valence-electron chi connectivity index (χ1n) is 17.0. The lowest BCUT2D eigenvalue weighted by Gasteiger charge is -2.15. The third-order valence-corrected chi connectivity index (χ3v) is 9.43. The Balaban J connectivity index is 1.27. The van der Waals surface area contributed by atoms with Gasteiger partial charge in [0.15, 0.2) is 11.7 Å². The maximum atomic E-state index is 6.39. The Morgan fingerprint density at radius 3 is 2.02 bits per heavy atom. The summed E-state index contributed by atoms with van der Waals surface area (Å²) in [5.41, 5.74) is 9.93. The first kappa shape index (κ1) is 30.2. The number of benzene rings is 7. The van der Waals surface area contributed by atoms with E-state index in [9.17, 15) is 0 Å². The van der Waals surface area contributed by atoms with Crippen molar-refractivity contribution in [1.82, 2.24) is 4.57 Å². The zero-order valence-corrected chi connectivity index (χ0v) is 27.8. The fraction of sp³-hybridized carbons (Fsp3) is 0.0217. The van der Waals surface area contributed by atoms with Gasteiger partial charge in [0.1, 0.15) is 11.2 Å². The summed E-state index contributed by atoms with van der Waals surface area (Å²) in [7, 11) is 0. The van der Waals surface area contributed by atoms with Gasteiger partial charge in [0, 0.05) is 27.3 Å². The molecule has 0 aliphatic rings. The van der Waals surface area contributed by atoms with Crippen LogP contribution >= 0.6 is 0 Å². The molecule has 51 heavy (non-hydrogen) atoms. The molecule has 0 saturated carbocycles. The van der Waals surface area contributed by atoms with Crippen LogP contribution in [0.3, 0.4) is 0 Å². The molecule has 9 rings (SSSR count). The monoisotopic (exact) mass is 656 g/mol. The third kappa shape index (κ3) is 5.42. The number of amidine groups is 2. The van der Waals surface area contributed by atoms with Crippen LogP contribution in [0.5, 0.6) is 0 Å². The van der Waals surface area contributed by atoms with E-state index in [1.807, 2.05) is 66.7 Å². The maximum Gasteiger partial charge on any atom is 0.161 e. The Morgan fingerprint density at radius 1 is 0.549 bits per heavy atom. The minimum absolute atomic E-state index is 0.454. The summed E-state index contributed by atoms with van der Waals surface area (Å²) >= 11 is 0. The second kappa shape index (κ2) is 12.9. The van der Waals surface area contributed by atoms with Gasteiger partial charge in [-0.05, 0) is 59.8 Å². The Bertz CT molecular complexity index is 2770. The van der Waals surface area contributed by atoms with E-state index in [4.69, 9.17) is 14.4 Å². The largest absolute Gasteiger partial charge is 0.456 e. The number of rotatable bonds is 6. The van der Waals surface area contributed by atoms with Crippen molar-refractivity contribution >= 4 is 62.1 Å². The number of aromatic nitrogens is 1. The van der Waals surface area contributed by atoms with Crippen LogP contribution in [0.1, 0.15) is 16.7 Å². The molecule has 7 aromatic carbocycles. The molecule has 0 aliphatic carbocycles. The molecule has 9 aromatic rings. The van der Waals surface area contributed by atoms with E-state index in [-0.39, 0.29) is 0 Å². The van der Waals surface area contributed by atoms with Crippen LogP contribution in [0.15, 0.2) is 189 Å². The van der Waals surface area contributed by atoms with Crippen LogP contribution < -0.4 is 0 Å². The van der Waals surface area contributed by atoms with Crippen molar-refractivity contribution in [2.24, 2.45) is 15.0 Å². The molecule has 0 fully saturated rings. The van der Waals surface area contributed by atoms with E-state index in [1.54, 1.807) is 0 Å². The van der Waals surface area contributed by atoms with Crippen molar-refractivity contribution in [1.29, 1.82) is 0 Å². The summed E-state index contributed by atoms with van der Waals surface area (Å²) in [5, 5.41) is 4.46. The number of hydrogen-bond acceptors (Lipinski definition) is 2. The smallest absolute Gasteiger partial charge is 0.161 e. The van der Waals surface area contributed by atoms with Crippen molar-refractivity contribution < 1.29 is 4.42 Å². The van der Waals surface area contributed by atoms with Crippen LogP contribution in [-0.4, -0.2) is 23.0 Å². The van der Waals surface area contributed by atoms with Gasteiger partial charge in [0.2, 0.25) is 0 Å². The molecule has 2 aromatic heterocycles. The third-order valence-electron chi connectivity index (χ3n) is 9.43. The van der Waals surface area contributed by atoms with Crippen LogP contribution in [-0.2, 0) is 6.54 Å². The minimum Gasteiger partial charge on any atom is -0.456 e. The van der Waals surface area contributed by atoms with Crippen molar-refractivity contribution in [3.8, 4) is 16.8 Å². The minimum atomic E-state index is 0.454. The molecule has 0 amide bonds. The molecule has 5 nitrogen and oxygen atoms in total. The van der Waals surface area contributed by atoms with E-state index >= 15 is 0 Å². The van der Waals surface area contributed by atoms with E-state index in [0.29, 0.717) is 18.2 Å². The summed E-state index contributed by atoms with van der Waals surface area (Å²) in [6, 6.07) is 58.3. The van der Waals surface area contributed by atoms with Gasteiger partial charge in [-0.1, -0.05) is 133 Å². The maximum absolute atomic E-state index is 6.39. The van der Waals surface area contributed by atoms with E-state index in [0.717, 1.165) is 77.2 Å². The van der Waals surface area contributed by atoms with Gasteiger partial charge in [-0.25, -0.2) is 9.98 Å². The fourth-order valence-corrected chi connectivity index (χ4v) is 7.04. The molecule has 0 unspecified atom stereocenters. The van der Waals surface area contributed by atoms with Crippen LogP contribution in [0.25, 0.3) is 60.6 Å². The number of furan rings is 1. The molecular formula is C46H32N4O. The molecular weight excluding hydrogens is 625 g/mol. The summed E-state index contributed by atoms with van der Waals surface area (Å²) in [5.74, 6) is 1.07. The standard InChI is InChI=1S/C46H32N4O/c1-47-45(34-26-24-33(25-27-34)32-16-6-3-7-17-32)49-46(48-30-31-14-4-2-5-15-31)37-19-9-12-22-40(37)50-39-21-11-8-18-35(39)36-28-29-42-43(44(36)50)38-20-10-13-23-41(38)51-42/h2-29H,1,30H2. The van der Waals surface area contributed by atoms with Crippen molar-refractivity contribution in [2.75, 3.05) is 0 Å². The average Bonchev–Trinajstić information content (AvgIpc) is 3.75. The van der Waals surface area contributed by atoms with Gasteiger partial charge >= 0.3 is 0 Å². The molecule has 0 spiro atoms. The Labute approximate surface area is 295 Å². The Morgan fingerprint density at radius 2 is 1.22 bits per heavy atom. The summed E-state index contributed by atoms with van der Waals surface area (Å²) in [6.07, 6.45) is 0. The lowest BCUT2D eigenvalue weighted by Crippen LogP contribution is -2.09. The average molecular weight is 657 g/mol. The molecule has 5 heteroatoms. The number of nitrogens with zero attached hydrogens (tertiary/aromatic N) is 4. The lowest BCUT2D eigenvalue weighted by atomic mass is 10.0. The van der Waals surface area contributed by atoms with E-state index in [1.165, 1.54) is 0 Å². The highest BCUT2D eigenvalue weighted by Crippen LogP contribution is 2.41. The number of para-hydroxylation sites is 3. The molecule has 0 N–H and O–H groups in total. The SMILES string of the molecule is C=NC(=NC(=NCc1ccccc1)c1ccccc1-n1c2ccccc2c2ccc3oc4ccccc4c3c21)c1ccc(-c2ccccc2)cc1. The predicted octanol–water partition coefficient (Wildman–Crippen LogP) is 11.4. The molecule has 0 aliphatic heterocycles. The number of fused-ring (bicyclic) bond motifs is 7. The lowest BCUT2D eigenvalue weighted by molar-refractivity contribution is 0.669. The van der Waals surface area contributed by atoms with Crippen molar-refractivity contribution in [3.63, 3.8) is 0 Å². The van der Waals surface area contributed by atoms with E-state index in [2.05, 4.69) is 119 Å². The number of aliphatic imine (C=N–C) groups is 3. The summed E-state index contributed by atoms with van der Waals surface area (Å²) < 4.78 is 8.73. The second-order valence-corrected chi connectivity index (χ2v) is 12.5. The number of hydrogen-bond donors (Lipinski definition) is 0. The molecule has 0 atom stereocenters. The summed E-state index contributed by atoms with van der Waals surface area (Å²) in [6.45, 7) is 4.40. The Kier molecular flexibility index (Phi) is 7.63. The van der Waals surface area contributed by atoms with Gasteiger partial charge in [0.05, 0.1) is 28.7 Å². The molecule has 0 radical (unpaired) electrons. The second-order valence-electron chi connectivity index (χ2n) is 12.5. The first-order valence-corrected chi connectivity index (χ1v) is 17.0. The van der Waals surface area contributed by atoms with Gasteiger partial charge in [-0.15, -0.1) is 0 Å². The normalized spacial score (nSPS) is 12.3. The highest BCUT2D eigenvalue weighted by atomic mass is 16.3. The van der Waals surface area contributed by atoms with Gasteiger partial charge in [-0.3, -0.25) is 4.99 Å². The highest BCUT2D eigenvalue weighted by molar-refractivity contribution is 6.25. The van der Waals surface area contributed by atoms with Gasteiger partial charge in [-0.2, -0.15) is 0 Å². The van der Waals surface area contributed by atoms with Crippen molar-refractivity contribution in [3.05, 3.63) is 187 Å². The van der Waals surface area contributed by atoms with Crippen molar-refractivity contribution in [2.45, 2.75) is 6.54 Å². The quantitative estimate of drug-likeness (QED) is 0.130. The van der Waals surface area contributed by atoms with Crippen LogP contribution in [0.4, 0.5) is 0 Å². The predicted molar refractivity (Wildman–Crippen MR) is 213 cm³/mol. The highest BCUT2D eigenvalue weighted by Gasteiger charge is 2.21. The molecule has 242 valence electrons. The fourth-order valence-electron chi connectivity index (χ4n) is 7.04. The Hall–Kier alpha value is -6.85. The van der Waals surface area contributed by atoms with Gasteiger partial charge < -0.3 is 8.98 Å².